The van der Waals surface area contributed by atoms with Crippen molar-refractivity contribution in [2.75, 3.05) is 0 Å². The molecule has 0 bridgehead atoms. The zero-order valence-electron chi connectivity index (χ0n) is 16.7. The number of rotatable bonds is 6. The van der Waals surface area contributed by atoms with E-state index in [1.807, 2.05) is 30.3 Å². The Labute approximate surface area is 193 Å². The van der Waals surface area contributed by atoms with Crippen LogP contribution in [0.3, 0.4) is 0 Å². The maximum atomic E-state index is 13.9. The molecule has 162 valence electrons. The standard InChI is InChI=1S/C24H18Cl2FN3O2/c25-18-8-6-15(10-19(18)27)13-30-20-9-7-16(11-17(20)21(26)22(30)23(28)31)24(32)29-12-14-4-2-1-3-5-14/h1-11H,12-13H2,(H2,28,31)(H,29,32). The van der Waals surface area contributed by atoms with Crippen LogP contribution in [0.25, 0.3) is 10.9 Å². The van der Waals surface area contributed by atoms with Crippen LogP contribution in [0.2, 0.25) is 10.0 Å². The van der Waals surface area contributed by atoms with Crippen LogP contribution in [0.15, 0.2) is 66.7 Å². The minimum Gasteiger partial charge on any atom is -0.364 e. The quantitative estimate of drug-likeness (QED) is 0.408. The third-order valence-corrected chi connectivity index (χ3v) is 5.81. The van der Waals surface area contributed by atoms with Crippen molar-refractivity contribution >= 4 is 45.9 Å². The summed E-state index contributed by atoms with van der Waals surface area (Å²) >= 11 is 12.2. The van der Waals surface area contributed by atoms with Gasteiger partial charge in [-0.3, -0.25) is 9.59 Å². The first-order valence-corrected chi connectivity index (χ1v) is 10.5. The molecule has 1 heterocycles. The van der Waals surface area contributed by atoms with E-state index >= 15 is 0 Å². The Kier molecular flexibility index (Phi) is 6.17. The van der Waals surface area contributed by atoms with Gasteiger partial charge in [0.15, 0.2) is 0 Å². The number of nitrogens with zero attached hydrogens (tertiary/aromatic N) is 1. The van der Waals surface area contributed by atoms with Crippen molar-refractivity contribution in [3.05, 3.63) is 105 Å². The first-order chi connectivity index (χ1) is 15.3. The summed E-state index contributed by atoms with van der Waals surface area (Å²) in [5.74, 6) is -1.57. The Morgan fingerprint density at radius 1 is 0.969 bits per heavy atom. The topological polar surface area (TPSA) is 77.1 Å². The van der Waals surface area contributed by atoms with Crippen LogP contribution in [-0.4, -0.2) is 16.4 Å². The third kappa shape index (κ3) is 4.33. The van der Waals surface area contributed by atoms with Gasteiger partial charge in [-0.05, 0) is 41.5 Å². The minimum atomic E-state index is -0.726. The molecule has 32 heavy (non-hydrogen) atoms. The van der Waals surface area contributed by atoms with Gasteiger partial charge in [0.1, 0.15) is 11.5 Å². The SMILES string of the molecule is NC(=O)c1c(Cl)c2cc(C(=O)NCc3ccccc3)ccc2n1Cc1ccc(Cl)c(F)c1. The van der Waals surface area contributed by atoms with Crippen molar-refractivity contribution < 1.29 is 14.0 Å². The third-order valence-electron chi connectivity index (χ3n) is 5.12. The van der Waals surface area contributed by atoms with Gasteiger partial charge in [0.25, 0.3) is 11.8 Å². The number of halogens is 3. The maximum absolute atomic E-state index is 13.9. The second kappa shape index (κ2) is 9.02. The summed E-state index contributed by atoms with van der Waals surface area (Å²) in [4.78, 5) is 24.8. The average molecular weight is 470 g/mol. The lowest BCUT2D eigenvalue weighted by Gasteiger charge is -2.10. The number of carbonyl (C=O) groups excluding carboxylic acids is 2. The van der Waals surface area contributed by atoms with Gasteiger partial charge < -0.3 is 15.6 Å². The Morgan fingerprint density at radius 2 is 1.72 bits per heavy atom. The number of carbonyl (C=O) groups is 2. The fourth-order valence-electron chi connectivity index (χ4n) is 3.56. The van der Waals surface area contributed by atoms with Gasteiger partial charge in [0, 0.05) is 24.0 Å². The van der Waals surface area contributed by atoms with Crippen molar-refractivity contribution in [1.29, 1.82) is 0 Å². The molecule has 5 nitrogen and oxygen atoms in total. The number of hydrogen-bond donors (Lipinski definition) is 2. The van der Waals surface area contributed by atoms with E-state index in [1.54, 1.807) is 28.8 Å². The molecule has 3 N–H and O–H groups in total. The molecule has 4 aromatic rings. The highest BCUT2D eigenvalue weighted by Gasteiger charge is 2.21. The van der Waals surface area contributed by atoms with E-state index < -0.39 is 11.7 Å². The van der Waals surface area contributed by atoms with Gasteiger partial charge in [0.05, 0.1) is 15.6 Å². The molecule has 0 radical (unpaired) electrons. The van der Waals surface area contributed by atoms with Gasteiger partial charge in [-0.25, -0.2) is 4.39 Å². The van der Waals surface area contributed by atoms with Crippen LogP contribution >= 0.6 is 23.2 Å². The van der Waals surface area contributed by atoms with Crippen LogP contribution in [0, 0.1) is 5.82 Å². The summed E-state index contributed by atoms with van der Waals surface area (Å²) in [6, 6.07) is 18.9. The highest BCUT2D eigenvalue weighted by Crippen LogP contribution is 2.32. The first-order valence-electron chi connectivity index (χ1n) is 9.72. The number of nitrogens with one attached hydrogen (secondary N) is 1. The van der Waals surface area contributed by atoms with Crippen molar-refractivity contribution in [1.82, 2.24) is 9.88 Å². The van der Waals surface area contributed by atoms with Gasteiger partial charge >= 0.3 is 0 Å². The number of hydrogen-bond acceptors (Lipinski definition) is 2. The number of fused-ring (bicyclic) bond motifs is 1. The summed E-state index contributed by atoms with van der Waals surface area (Å²) < 4.78 is 15.5. The second-order valence-electron chi connectivity index (χ2n) is 7.26. The fraction of sp³-hybridized carbons (Fsp3) is 0.0833. The van der Waals surface area contributed by atoms with E-state index in [0.29, 0.717) is 28.6 Å². The van der Waals surface area contributed by atoms with E-state index in [2.05, 4.69) is 5.32 Å². The lowest BCUT2D eigenvalue weighted by molar-refractivity contribution is 0.0949. The number of nitrogens with two attached hydrogens (primary N) is 1. The monoisotopic (exact) mass is 469 g/mol. The zero-order valence-corrected chi connectivity index (χ0v) is 18.3. The van der Waals surface area contributed by atoms with Gasteiger partial charge in [-0.1, -0.05) is 59.6 Å². The van der Waals surface area contributed by atoms with E-state index in [4.69, 9.17) is 28.9 Å². The van der Waals surface area contributed by atoms with Gasteiger partial charge in [0.2, 0.25) is 0 Å². The predicted octanol–water partition coefficient (Wildman–Crippen LogP) is 5.16. The fourth-order valence-corrected chi connectivity index (χ4v) is 4.03. The van der Waals surface area contributed by atoms with Crippen LogP contribution in [0.4, 0.5) is 4.39 Å². The van der Waals surface area contributed by atoms with Gasteiger partial charge in [-0.2, -0.15) is 0 Å². The summed E-state index contributed by atoms with van der Waals surface area (Å²) in [6.07, 6.45) is 0. The van der Waals surface area contributed by atoms with Crippen LogP contribution in [-0.2, 0) is 13.1 Å². The van der Waals surface area contributed by atoms with Crippen molar-refractivity contribution in [2.24, 2.45) is 5.73 Å². The molecule has 4 rings (SSSR count). The minimum absolute atomic E-state index is 0.00503. The lowest BCUT2D eigenvalue weighted by atomic mass is 10.1. The molecular formula is C24H18Cl2FN3O2. The molecule has 0 aliphatic rings. The Bertz CT molecular complexity index is 1340. The molecule has 1 aromatic heterocycles. The summed E-state index contributed by atoms with van der Waals surface area (Å²) in [5.41, 5.74) is 8.19. The van der Waals surface area contributed by atoms with Crippen LogP contribution in [0.5, 0.6) is 0 Å². The normalized spacial score (nSPS) is 11.0. The molecule has 0 atom stereocenters. The smallest absolute Gasteiger partial charge is 0.266 e. The molecular weight excluding hydrogens is 452 g/mol. The first kappa shape index (κ1) is 21.9. The molecule has 0 aliphatic heterocycles. The van der Waals surface area contributed by atoms with Crippen LogP contribution < -0.4 is 11.1 Å². The van der Waals surface area contributed by atoms with Gasteiger partial charge in [-0.15, -0.1) is 0 Å². The van der Waals surface area contributed by atoms with E-state index in [1.165, 1.54) is 12.1 Å². The van der Waals surface area contributed by atoms with E-state index in [9.17, 15) is 14.0 Å². The number of primary amides is 1. The summed E-state index contributed by atoms with van der Waals surface area (Å²) in [7, 11) is 0. The molecule has 8 heteroatoms. The average Bonchev–Trinajstić information content (AvgIpc) is 3.06. The summed E-state index contributed by atoms with van der Waals surface area (Å²) in [6.45, 7) is 0.524. The van der Waals surface area contributed by atoms with E-state index in [-0.39, 0.29) is 28.2 Å². The molecule has 3 aromatic carbocycles. The second-order valence-corrected chi connectivity index (χ2v) is 8.05. The highest BCUT2D eigenvalue weighted by molar-refractivity contribution is 6.39. The molecule has 0 unspecified atom stereocenters. The van der Waals surface area contributed by atoms with Crippen molar-refractivity contribution in [2.45, 2.75) is 13.1 Å². The highest BCUT2D eigenvalue weighted by atomic mass is 35.5. The molecule has 0 spiro atoms. The lowest BCUT2D eigenvalue weighted by Crippen LogP contribution is -2.22. The molecule has 0 saturated carbocycles. The summed E-state index contributed by atoms with van der Waals surface area (Å²) in [5, 5.41) is 3.51. The molecule has 0 aliphatic carbocycles. The molecule has 0 saturated heterocycles. The van der Waals surface area contributed by atoms with E-state index in [0.717, 1.165) is 5.56 Å². The van der Waals surface area contributed by atoms with Crippen molar-refractivity contribution in [3.63, 3.8) is 0 Å². The Balaban J connectivity index is 1.69. The molecule has 0 fully saturated rings. The molecule has 2 amide bonds. The Morgan fingerprint density at radius 3 is 2.41 bits per heavy atom. The Hall–Kier alpha value is -3.35. The zero-order chi connectivity index (χ0) is 22.8. The van der Waals surface area contributed by atoms with Crippen LogP contribution in [0.1, 0.15) is 32.0 Å². The number of aromatic nitrogens is 1. The largest absolute Gasteiger partial charge is 0.364 e. The maximum Gasteiger partial charge on any atom is 0.266 e. The van der Waals surface area contributed by atoms with Crippen molar-refractivity contribution in [3.8, 4) is 0 Å². The number of amides is 2. The predicted molar refractivity (Wildman–Crippen MR) is 124 cm³/mol. The number of benzene rings is 3.